The van der Waals surface area contributed by atoms with Crippen molar-refractivity contribution < 1.29 is 9.32 Å². The molecule has 5 nitrogen and oxygen atoms in total. The van der Waals surface area contributed by atoms with Crippen LogP contribution in [0.3, 0.4) is 0 Å². The van der Waals surface area contributed by atoms with Crippen LogP contribution in [0.2, 0.25) is 0 Å². The monoisotopic (exact) mass is 281 g/mol. The topological polar surface area (TPSA) is 60.9 Å². The van der Waals surface area contributed by atoms with E-state index in [-0.39, 0.29) is 5.78 Å². The molecule has 0 amide bonds. The van der Waals surface area contributed by atoms with Gasteiger partial charge in [0.1, 0.15) is 0 Å². The van der Waals surface area contributed by atoms with Crippen LogP contribution in [-0.4, -0.2) is 25.9 Å². The molecule has 1 atom stereocenters. The minimum Gasteiger partial charge on any atom is -0.348 e. The van der Waals surface area contributed by atoms with Crippen LogP contribution >= 0.6 is 11.6 Å². The molecule has 2 aromatic rings. The standard InChI is InChI=1S/C13H16ClN3O2/c1-8-6-11(13(18)9(2)14)10(3)17(8)5-4-12-15-7-16-19-12/h6-7,9H,4-5H2,1-3H3. The summed E-state index contributed by atoms with van der Waals surface area (Å²) in [5.41, 5.74) is 2.64. The van der Waals surface area contributed by atoms with Crippen LogP contribution in [0.25, 0.3) is 0 Å². The first-order chi connectivity index (χ1) is 9.00. The molecule has 6 heteroatoms. The smallest absolute Gasteiger partial charge is 0.228 e. The Morgan fingerprint density at radius 3 is 2.84 bits per heavy atom. The van der Waals surface area contributed by atoms with Crippen LogP contribution in [0.5, 0.6) is 0 Å². The molecule has 0 aromatic carbocycles. The number of carbonyl (C=O) groups excluding carboxylic acids is 1. The second-order valence-corrected chi connectivity index (χ2v) is 5.16. The Hall–Kier alpha value is -1.62. The summed E-state index contributed by atoms with van der Waals surface area (Å²) < 4.78 is 7.03. The van der Waals surface area contributed by atoms with Crippen LogP contribution in [0.4, 0.5) is 0 Å². The summed E-state index contributed by atoms with van der Waals surface area (Å²) in [6.45, 7) is 6.28. The fourth-order valence-electron chi connectivity index (χ4n) is 2.12. The lowest BCUT2D eigenvalue weighted by Crippen LogP contribution is -2.12. The number of alkyl halides is 1. The Morgan fingerprint density at radius 1 is 1.53 bits per heavy atom. The molecule has 2 heterocycles. The van der Waals surface area contributed by atoms with Gasteiger partial charge >= 0.3 is 0 Å². The first-order valence-corrected chi connectivity index (χ1v) is 6.55. The summed E-state index contributed by atoms with van der Waals surface area (Å²) in [6.07, 6.45) is 2.02. The molecule has 102 valence electrons. The second-order valence-electron chi connectivity index (χ2n) is 4.50. The van der Waals surface area contributed by atoms with E-state index in [1.807, 2.05) is 19.9 Å². The summed E-state index contributed by atoms with van der Waals surface area (Å²) in [5.74, 6) is 0.546. The Morgan fingerprint density at radius 2 is 2.26 bits per heavy atom. The van der Waals surface area contributed by atoms with Crippen molar-refractivity contribution in [3.05, 3.63) is 35.2 Å². The van der Waals surface area contributed by atoms with Gasteiger partial charge in [0.2, 0.25) is 5.89 Å². The molecule has 0 aliphatic carbocycles. The van der Waals surface area contributed by atoms with Gasteiger partial charge in [-0.05, 0) is 26.8 Å². The molecule has 0 saturated carbocycles. The molecule has 19 heavy (non-hydrogen) atoms. The maximum atomic E-state index is 12.0. The maximum absolute atomic E-state index is 12.0. The fourth-order valence-corrected chi connectivity index (χ4v) is 2.24. The van der Waals surface area contributed by atoms with E-state index in [9.17, 15) is 4.79 Å². The lowest BCUT2D eigenvalue weighted by atomic mass is 10.1. The van der Waals surface area contributed by atoms with Crippen LogP contribution in [0.1, 0.15) is 34.6 Å². The summed E-state index contributed by atoms with van der Waals surface area (Å²) in [5, 5.41) is 3.06. The highest BCUT2D eigenvalue weighted by atomic mass is 35.5. The second kappa shape index (κ2) is 5.57. The van der Waals surface area contributed by atoms with Crippen LogP contribution in [0.15, 0.2) is 16.9 Å². The molecule has 0 spiro atoms. The number of nitrogens with zero attached hydrogens (tertiary/aromatic N) is 3. The van der Waals surface area contributed by atoms with Crippen molar-refractivity contribution in [2.45, 2.75) is 39.1 Å². The van der Waals surface area contributed by atoms with E-state index in [1.165, 1.54) is 6.33 Å². The van der Waals surface area contributed by atoms with Gasteiger partial charge < -0.3 is 9.09 Å². The molecule has 0 fully saturated rings. The number of aromatic nitrogens is 3. The first kappa shape index (κ1) is 13.8. The van der Waals surface area contributed by atoms with Crippen LogP contribution in [-0.2, 0) is 13.0 Å². The molecule has 0 bridgehead atoms. The van der Waals surface area contributed by atoms with E-state index in [0.29, 0.717) is 24.4 Å². The Balaban J connectivity index is 2.19. The molecule has 0 N–H and O–H groups in total. The predicted molar refractivity (Wildman–Crippen MR) is 71.6 cm³/mol. The van der Waals surface area contributed by atoms with Crippen LogP contribution in [0, 0.1) is 13.8 Å². The Kier molecular flexibility index (Phi) is 4.04. The molecular formula is C13H16ClN3O2. The zero-order valence-electron chi connectivity index (χ0n) is 11.2. The van der Waals surface area contributed by atoms with Gasteiger partial charge in [0.05, 0.1) is 5.38 Å². The van der Waals surface area contributed by atoms with E-state index in [1.54, 1.807) is 6.92 Å². The van der Waals surface area contributed by atoms with Crippen molar-refractivity contribution in [2.75, 3.05) is 0 Å². The molecule has 0 aliphatic rings. The van der Waals surface area contributed by atoms with Gasteiger partial charge in [0, 0.05) is 29.9 Å². The number of rotatable bonds is 5. The number of aryl methyl sites for hydroxylation is 2. The first-order valence-electron chi connectivity index (χ1n) is 6.11. The minimum absolute atomic E-state index is 0.0428. The Labute approximate surface area is 116 Å². The number of hydrogen-bond acceptors (Lipinski definition) is 4. The summed E-state index contributed by atoms with van der Waals surface area (Å²) in [4.78, 5) is 16.0. The molecule has 0 radical (unpaired) electrons. The van der Waals surface area contributed by atoms with Gasteiger partial charge in [-0.3, -0.25) is 4.79 Å². The van der Waals surface area contributed by atoms with E-state index in [4.69, 9.17) is 16.1 Å². The highest BCUT2D eigenvalue weighted by molar-refractivity contribution is 6.33. The zero-order valence-corrected chi connectivity index (χ0v) is 11.9. The van der Waals surface area contributed by atoms with Gasteiger partial charge in [-0.2, -0.15) is 4.98 Å². The van der Waals surface area contributed by atoms with E-state index < -0.39 is 5.38 Å². The molecule has 0 aliphatic heterocycles. The van der Waals surface area contributed by atoms with Gasteiger partial charge in [-0.1, -0.05) is 5.16 Å². The lowest BCUT2D eigenvalue weighted by Gasteiger charge is -2.08. The largest absolute Gasteiger partial charge is 0.348 e. The summed E-state index contributed by atoms with van der Waals surface area (Å²) >= 11 is 5.86. The quantitative estimate of drug-likeness (QED) is 0.624. The third-order valence-electron chi connectivity index (χ3n) is 3.16. The maximum Gasteiger partial charge on any atom is 0.228 e. The molecule has 0 saturated heterocycles. The van der Waals surface area contributed by atoms with Gasteiger partial charge in [0.15, 0.2) is 12.1 Å². The van der Waals surface area contributed by atoms with Crippen molar-refractivity contribution in [1.82, 2.24) is 14.7 Å². The SMILES string of the molecule is Cc1cc(C(=O)C(C)Cl)c(C)n1CCc1ncno1. The van der Waals surface area contributed by atoms with Crippen molar-refractivity contribution in [3.63, 3.8) is 0 Å². The van der Waals surface area contributed by atoms with Gasteiger partial charge in [-0.25, -0.2) is 0 Å². The van der Waals surface area contributed by atoms with Crippen molar-refractivity contribution >= 4 is 17.4 Å². The minimum atomic E-state index is -0.509. The van der Waals surface area contributed by atoms with E-state index in [0.717, 1.165) is 11.4 Å². The summed E-state index contributed by atoms with van der Waals surface area (Å²) in [7, 11) is 0. The number of carbonyl (C=O) groups is 1. The summed E-state index contributed by atoms with van der Waals surface area (Å²) in [6, 6.07) is 1.88. The van der Waals surface area contributed by atoms with E-state index >= 15 is 0 Å². The zero-order chi connectivity index (χ0) is 14.0. The number of halogens is 1. The fraction of sp³-hybridized carbons (Fsp3) is 0.462. The van der Waals surface area contributed by atoms with Crippen molar-refractivity contribution in [3.8, 4) is 0 Å². The molecule has 2 aromatic heterocycles. The average molecular weight is 282 g/mol. The third kappa shape index (κ3) is 2.87. The highest BCUT2D eigenvalue weighted by Crippen LogP contribution is 2.19. The predicted octanol–water partition coefficient (Wildman–Crippen LogP) is 2.54. The van der Waals surface area contributed by atoms with Crippen molar-refractivity contribution in [2.24, 2.45) is 0 Å². The van der Waals surface area contributed by atoms with E-state index in [2.05, 4.69) is 14.7 Å². The number of Topliss-reactive ketones (excluding diaryl/α,β-unsaturated/α-hetero) is 1. The highest BCUT2D eigenvalue weighted by Gasteiger charge is 2.19. The molecular weight excluding hydrogens is 266 g/mol. The number of hydrogen-bond donors (Lipinski definition) is 0. The van der Waals surface area contributed by atoms with Crippen molar-refractivity contribution in [1.29, 1.82) is 0 Å². The molecule has 1 unspecified atom stereocenters. The molecule has 2 rings (SSSR count). The van der Waals surface area contributed by atoms with Gasteiger partial charge in [0.25, 0.3) is 0 Å². The Bertz CT molecular complexity index is 573. The normalized spacial score (nSPS) is 12.6. The van der Waals surface area contributed by atoms with Crippen LogP contribution < -0.4 is 0 Å². The lowest BCUT2D eigenvalue weighted by molar-refractivity contribution is 0.0991. The third-order valence-corrected chi connectivity index (χ3v) is 3.35. The number of ketones is 1. The van der Waals surface area contributed by atoms with Gasteiger partial charge in [-0.15, -0.1) is 11.6 Å². The average Bonchev–Trinajstić information content (AvgIpc) is 2.96.